The molecule has 0 amide bonds. The lowest BCUT2D eigenvalue weighted by atomic mass is 9.81. The highest BCUT2D eigenvalue weighted by molar-refractivity contribution is 4.92. The zero-order valence-electron chi connectivity index (χ0n) is 11.9. The molecule has 102 valence electrons. The van der Waals surface area contributed by atoms with Crippen LogP contribution in [-0.4, -0.2) is 41.3 Å². The Morgan fingerprint density at radius 3 is 2.41 bits per heavy atom. The smallest absolute Gasteiger partial charge is 0.0587 e. The number of hydrogen-bond donors (Lipinski definition) is 2. The van der Waals surface area contributed by atoms with Crippen molar-refractivity contribution in [2.75, 3.05) is 13.2 Å². The molecule has 0 aromatic carbocycles. The third-order valence-electron chi connectivity index (χ3n) is 3.88. The van der Waals surface area contributed by atoms with Gasteiger partial charge in [0.2, 0.25) is 0 Å². The molecule has 3 heteroatoms. The molecule has 0 aromatic heterocycles. The monoisotopic (exact) mass is 242 g/mol. The van der Waals surface area contributed by atoms with Crippen LogP contribution in [-0.2, 0) is 0 Å². The molecular formula is C14H30N2O. The van der Waals surface area contributed by atoms with E-state index >= 15 is 0 Å². The number of likely N-dealkylation sites (tertiary alicyclic amines) is 1. The maximum atomic E-state index is 9.60. The molecule has 3 atom stereocenters. The summed E-state index contributed by atoms with van der Waals surface area (Å²) in [5, 5.41) is 9.60. The quantitative estimate of drug-likeness (QED) is 0.795. The summed E-state index contributed by atoms with van der Waals surface area (Å²) in [5.74, 6) is 0. The Morgan fingerprint density at radius 1 is 1.29 bits per heavy atom. The van der Waals surface area contributed by atoms with Crippen LogP contribution in [0.1, 0.15) is 53.4 Å². The third-order valence-corrected chi connectivity index (χ3v) is 3.88. The Morgan fingerprint density at radius 2 is 1.94 bits per heavy atom. The lowest BCUT2D eigenvalue weighted by Gasteiger charge is -2.45. The van der Waals surface area contributed by atoms with Gasteiger partial charge in [-0.15, -0.1) is 0 Å². The van der Waals surface area contributed by atoms with Crippen molar-refractivity contribution >= 4 is 0 Å². The average Bonchev–Trinajstić information content (AvgIpc) is 2.40. The first kappa shape index (κ1) is 14.9. The van der Waals surface area contributed by atoms with Crippen LogP contribution in [0.25, 0.3) is 0 Å². The van der Waals surface area contributed by atoms with E-state index in [4.69, 9.17) is 5.73 Å². The molecule has 0 aromatic rings. The van der Waals surface area contributed by atoms with Crippen LogP contribution in [0, 0.1) is 5.41 Å². The number of nitrogens with two attached hydrogens (primary N) is 1. The number of nitrogens with zero attached hydrogens (tertiary/aromatic N) is 1. The predicted molar refractivity (Wildman–Crippen MR) is 72.9 cm³/mol. The average molecular weight is 242 g/mol. The number of rotatable bonds is 3. The molecule has 0 bridgehead atoms. The standard InChI is InChI=1S/C14H30N2O/c1-11(15)13(14(2,3)4)16-9-7-5-6-8-12(16)10-17/h11-13,17H,5-10,15H2,1-4H3. The van der Waals surface area contributed by atoms with Crippen LogP contribution in [0.5, 0.6) is 0 Å². The first-order chi connectivity index (χ1) is 7.88. The molecule has 3 N–H and O–H groups in total. The van der Waals surface area contributed by atoms with Gasteiger partial charge in [-0.2, -0.15) is 0 Å². The van der Waals surface area contributed by atoms with Gasteiger partial charge in [-0.1, -0.05) is 33.6 Å². The molecule has 1 aliphatic rings. The molecule has 0 radical (unpaired) electrons. The number of hydrogen-bond acceptors (Lipinski definition) is 3. The van der Waals surface area contributed by atoms with Gasteiger partial charge in [-0.3, -0.25) is 4.90 Å². The van der Waals surface area contributed by atoms with E-state index in [1.165, 1.54) is 19.3 Å². The van der Waals surface area contributed by atoms with Crippen LogP contribution in [0.4, 0.5) is 0 Å². The molecule has 3 unspecified atom stereocenters. The number of aliphatic hydroxyl groups is 1. The molecule has 3 nitrogen and oxygen atoms in total. The molecule has 1 fully saturated rings. The Balaban J connectivity index is 2.89. The lowest BCUT2D eigenvalue weighted by Crippen LogP contribution is -2.57. The minimum absolute atomic E-state index is 0.141. The van der Waals surface area contributed by atoms with Crippen LogP contribution < -0.4 is 5.73 Å². The van der Waals surface area contributed by atoms with Crippen molar-refractivity contribution in [3.05, 3.63) is 0 Å². The lowest BCUT2D eigenvalue weighted by molar-refractivity contribution is 0.0221. The molecule has 1 heterocycles. The van der Waals surface area contributed by atoms with E-state index < -0.39 is 0 Å². The van der Waals surface area contributed by atoms with Crippen LogP contribution in [0.15, 0.2) is 0 Å². The summed E-state index contributed by atoms with van der Waals surface area (Å²) in [7, 11) is 0. The molecule has 0 spiro atoms. The fourth-order valence-corrected chi connectivity index (χ4v) is 3.35. The second kappa shape index (κ2) is 6.17. The summed E-state index contributed by atoms with van der Waals surface area (Å²) in [6.45, 7) is 10.2. The van der Waals surface area contributed by atoms with Gasteiger partial charge in [-0.25, -0.2) is 0 Å². The first-order valence-electron chi connectivity index (χ1n) is 7.00. The van der Waals surface area contributed by atoms with Crippen molar-refractivity contribution in [1.29, 1.82) is 0 Å². The van der Waals surface area contributed by atoms with Crippen LogP contribution in [0.2, 0.25) is 0 Å². The molecule has 17 heavy (non-hydrogen) atoms. The Bertz CT molecular complexity index is 223. The first-order valence-corrected chi connectivity index (χ1v) is 7.00. The van der Waals surface area contributed by atoms with Gasteiger partial charge in [0.15, 0.2) is 0 Å². The van der Waals surface area contributed by atoms with E-state index in [0.717, 1.165) is 13.0 Å². The molecule has 1 rings (SSSR count). The van der Waals surface area contributed by atoms with Crippen molar-refractivity contribution < 1.29 is 5.11 Å². The van der Waals surface area contributed by atoms with E-state index in [-0.39, 0.29) is 18.1 Å². The summed E-state index contributed by atoms with van der Waals surface area (Å²) in [6.07, 6.45) is 4.85. The van der Waals surface area contributed by atoms with Gasteiger partial charge in [0.1, 0.15) is 0 Å². The predicted octanol–water partition coefficient (Wildman–Crippen LogP) is 1.99. The second-order valence-electron chi connectivity index (χ2n) is 6.59. The third kappa shape index (κ3) is 3.94. The number of aliphatic hydroxyl groups excluding tert-OH is 1. The van der Waals surface area contributed by atoms with E-state index in [2.05, 4.69) is 32.6 Å². The van der Waals surface area contributed by atoms with Gasteiger partial charge >= 0.3 is 0 Å². The Hall–Kier alpha value is -0.120. The fourth-order valence-electron chi connectivity index (χ4n) is 3.35. The second-order valence-corrected chi connectivity index (χ2v) is 6.59. The van der Waals surface area contributed by atoms with Crippen molar-refractivity contribution in [1.82, 2.24) is 4.90 Å². The summed E-state index contributed by atoms with van der Waals surface area (Å²) in [4.78, 5) is 2.47. The van der Waals surface area contributed by atoms with Gasteiger partial charge in [0.05, 0.1) is 6.61 Å². The summed E-state index contributed by atoms with van der Waals surface area (Å²) < 4.78 is 0. The fraction of sp³-hybridized carbons (Fsp3) is 1.00. The van der Waals surface area contributed by atoms with Crippen LogP contribution >= 0.6 is 0 Å². The maximum Gasteiger partial charge on any atom is 0.0587 e. The highest BCUT2D eigenvalue weighted by atomic mass is 16.3. The van der Waals surface area contributed by atoms with Gasteiger partial charge < -0.3 is 10.8 Å². The molecule has 0 saturated carbocycles. The maximum absolute atomic E-state index is 9.60. The van der Waals surface area contributed by atoms with Crippen molar-refractivity contribution in [2.45, 2.75) is 71.5 Å². The summed E-state index contributed by atoms with van der Waals surface area (Å²) in [5.41, 5.74) is 6.36. The Kier molecular flexibility index (Phi) is 5.42. The zero-order chi connectivity index (χ0) is 13.1. The highest BCUT2D eigenvalue weighted by Gasteiger charge is 2.36. The Labute approximate surface area is 106 Å². The molecule has 1 saturated heterocycles. The topological polar surface area (TPSA) is 49.5 Å². The minimum atomic E-state index is 0.141. The highest BCUT2D eigenvalue weighted by Crippen LogP contribution is 2.30. The molecular weight excluding hydrogens is 212 g/mol. The van der Waals surface area contributed by atoms with Crippen molar-refractivity contribution in [3.8, 4) is 0 Å². The van der Waals surface area contributed by atoms with Gasteiger partial charge in [-0.05, 0) is 31.7 Å². The largest absolute Gasteiger partial charge is 0.395 e. The zero-order valence-corrected chi connectivity index (χ0v) is 11.9. The van der Waals surface area contributed by atoms with E-state index in [9.17, 15) is 5.11 Å². The van der Waals surface area contributed by atoms with Crippen molar-refractivity contribution in [2.24, 2.45) is 11.1 Å². The summed E-state index contributed by atoms with van der Waals surface area (Å²) in [6, 6.07) is 0.785. The molecule has 0 aliphatic carbocycles. The van der Waals surface area contributed by atoms with Gasteiger partial charge in [0.25, 0.3) is 0 Å². The van der Waals surface area contributed by atoms with E-state index in [0.29, 0.717) is 12.1 Å². The van der Waals surface area contributed by atoms with E-state index in [1.807, 2.05) is 0 Å². The SMILES string of the molecule is CC(N)C(N1CCCCCC1CO)C(C)(C)C. The van der Waals surface area contributed by atoms with Crippen molar-refractivity contribution in [3.63, 3.8) is 0 Å². The van der Waals surface area contributed by atoms with E-state index in [1.54, 1.807) is 0 Å². The van der Waals surface area contributed by atoms with Crippen LogP contribution in [0.3, 0.4) is 0 Å². The van der Waals surface area contributed by atoms with Gasteiger partial charge in [0, 0.05) is 18.1 Å². The summed E-state index contributed by atoms with van der Waals surface area (Å²) >= 11 is 0. The minimum Gasteiger partial charge on any atom is -0.395 e. The molecule has 1 aliphatic heterocycles. The normalized spacial score (nSPS) is 27.5.